The normalized spacial score (nSPS) is 16.8. The van der Waals surface area contributed by atoms with Gasteiger partial charge >= 0.3 is 0 Å². The Hall–Kier alpha value is -0.880. The molecule has 0 aromatic carbocycles. The number of nitrogens with one attached hydrogen (secondary N) is 1. The second-order valence-corrected chi connectivity index (χ2v) is 6.14. The minimum atomic E-state index is -0.0801. The molecule has 0 spiro atoms. The van der Waals surface area contributed by atoms with Gasteiger partial charge in [0.1, 0.15) is 4.47 Å². The van der Waals surface area contributed by atoms with E-state index < -0.39 is 0 Å². The van der Waals surface area contributed by atoms with Crippen molar-refractivity contribution >= 4 is 21.6 Å². The topological polar surface area (TPSA) is 56.1 Å². The molecule has 0 aliphatic heterocycles. The predicted molar refractivity (Wildman–Crippen MR) is 83.2 cm³/mol. The fourth-order valence-corrected chi connectivity index (χ4v) is 2.78. The number of methoxy groups -OCH3 is 1. The van der Waals surface area contributed by atoms with Crippen molar-refractivity contribution in [3.8, 4) is 0 Å². The lowest BCUT2D eigenvalue weighted by molar-refractivity contribution is -0.0601. The summed E-state index contributed by atoms with van der Waals surface area (Å²) in [4.78, 5) is 12.2. The smallest absolute Gasteiger partial charge is 0.283 e. The van der Waals surface area contributed by atoms with Crippen molar-refractivity contribution in [1.29, 1.82) is 0 Å². The Bertz CT molecular complexity index is 506. The molecule has 20 heavy (non-hydrogen) atoms. The molecule has 1 aromatic heterocycles. The number of hydrogen-bond acceptors (Lipinski definition) is 4. The number of aryl methyl sites for hydroxylation is 1. The Morgan fingerprint density at radius 3 is 2.85 bits per heavy atom. The summed E-state index contributed by atoms with van der Waals surface area (Å²) in [7, 11) is 1.75. The molecule has 1 aliphatic carbocycles. The molecule has 1 saturated carbocycles. The molecule has 0 saturated heterocycles. The Labute approximate surface area is 127 Å². The Kier molecular flexibility index (Phi) is 5.21. The first-order valence-electron chi connectivity index (χ1n) is 7.16. The van der Waals surface area contributed by atoms with Crippen LogP contribution in [0, 0.1) is 0 Å². The number of unbranched alkanes of at least 4 members (excludes halogenated alkanes) is 1. The van der Waals surface area contributed by atoms with Gasteiger partial charge in [0.2, 0.25) is 0 Å². The molecular weight excluding hydrogens is 322 g/mol. The molecule has 0 bridgehead atoms. The lowest BCUT2D eigenvalue weighted by Gasteiger charge is -2.40. The second-order valence-electron chi connectivity index (χ2n) is 5.35. The summed E-state index contributed by atoms with van der Waals surface area (Å²) >= 11 is 3.38. The second kappa shape index (κ2) is 6.72. The summed E-state index contributed by atoms with van der Waals surface area (Å²) in [6, 6.07) is 0. The van der Waals surface area contributed by atoms with Crippen LogP contribution in [0.4, 0.5) is 5.69 Å². The van der Waals surface area contributed by atoms with Gasteiger partial charge in [0.15, 0.2) is 0 Å². The van der Waals surface area contributed by atoms with E-state index in [0.717, 1.165) is 31.4 Å². The van der Waals surface area contributed by atoms with Crippen molar-refractivity contribution in [3.63, 3.8) is 0 Å². The van der Waals surface area contributed by atoms with E-state index in [2.05, 4.69) is 33.3 Å². The number of anilines is 1. The van der Waals surface area contributed by atoms with Crippen LogP contribution in [0.2, 0.25) is 0 Å². The van der Waals surface area contributed by atoms with E-state index in [1.807, 2.05) is 0 Å². The van der Waals surface area contributed by atoms with Crippen molar-refractivity contribution in [2.75, 3.05) is 19.0 Å². The van der Waals surface area contributed by atoms with Crippen LogP contribution in [-0.4, -0.2) is 29.0 Å². The van der Waals surface area contributed by atoms with Gasteiger partial charge in [-0.15, -0.1) is 0 Å². The Morgan fingerprint density at radius 2 is 2.30 bits per heavy atom. The average molecular weight is 344 g/mol. The maximum absolute atomic E-state index is 12.2. The van der Waals surface area contributed by atoms with E-state index in [1.54, 1.807) is 13.3 Å². The molecule has 5 nitrogen and oxygen atoms in total. The van der Waals surface area contributed by atoms with E-state index in [4.69, 9.17) is 4.74 Å². The van der Waals surface area contributed by atoms with Crippen LogP contribution in [0.1, 0.15) is 39.0 Å². The summed E-state index contributed by atoms with van der Waals surface area (Å²) in [5.41, 5.74) is 0.589. The summed E-state index contributed by atoms with van der Waals surface area (Å²) in [5.74, 6) is 0. The van der Waals surface area contributed by atoms with Crippen LogP contribution in [0.3, 0.4) is 0 Å². The van der Waals surface area contributed by atoms with Crippen molar-refractivity contribution < 1.29 is 4.74 Å². The quantitative estimate of drug-likeness (QED) is 0.826. The van der Waals surface area contributed by atoms with Gasteiger partial charge in [-0.3, -0.25) is 4.79 Å². The molecule has 1 fully saturated rings. The monoisotopic (exact) mass is 343 g/mol. The standard InChI is InChI=1S/C14H22BrN3O2/c1-3-4-8-18-13(19)12(15)11(9-17-18)16-10-14(20-2)6-5-7-14/h9,16H,3-8,10H2,1-2H3. The third-order valence-electron chi connectivity index (χ3n) is 4.01. The van der Waals surface area contributed by atoms with Gasteiger partial charge in [0.25, 0.3) is 5.56 Å². The fraction of sp³-hybridized carbons (Fsp3) is 0.714. The van der Waals surface area contributed by atoms with Crippen molar-refractivity contribution in [1.82, 2.24) is 9.78 Å². The molecule has 1 aliphatic rings. The molecule has 0 atom stereocenters. The van der Waals surface area contributed by atoms with Gasteiger partial charge < -0.3 is 10.1 Å². The fourth-order valence-electron chi connectivity index (χ4n) is 2.34. The molecule has 0 radical (unpaired) electrons. The third kappa shape index (κ3) is 3.23. The zero-order valence-electron chi connectivity index (χ0n) is 12.1. The van der Waals surface area contributed by atoms with Gasteiger partial charge in [0, 0.05) is 20.2 Å². The lowest BCUT2D eigenvalue weighted by Crippen LogP contribution is -2.45. The van der Waals surface area contributed by atoms with Crippen LogP contribution in [0.25, 0.3) is 0 Å². The first kappa shape index (κ1) is 15.5. The Balaban J connectivity index is 2.05. The molecule has 2 rings (SSSR count). The Morgan fingerprint density at radius 1 is 1.55 bits per heavy atom. The predicted octanol–water partition coefficient (Wildman–Crippen LogP) is 2.79. The number of ether oxygens (including phenoxy) is 1. The van der Waals surface area contributed by atoms with Crippen LogP contribution in [0.15, 0.2) is 15.5 Å². The summed E-state index contributed by atoms with van der Waals surface area (Å²) in [5, 5.41) is 7.50. The van der Waals surface area contributed by atoms with Gasteiger partial charge in [0.05, 0.1) is 17.5 Å². The van der Waals surface area contributed by atoms with Gasteiger partial charge in [-0.25, -0.2) is 4.68 Å². The molecule has 1 N–H and O–H groups in total. The van der Waals surface area contributed by atoms with E-state index in [1.165, 1.54) is 11.1 Å². The van der Waals surface area contributed by atoms with Gasteiger partial charge in [-0.1, -0.05) is 13.3 Å². The van der Waals surface area contributed by atoms with E-state index in [-0.39, 0.29) is 11.2 Å². The van der Waals surface area contributed by atoms with Crippen LogP contribution < -0.4 is 10.9 Å². The van der Waals surface area contributed by atoms with E-state index in [0.29, 0.717) is 17.6 Å². The number of rotatable bonds is 7. The molecule has 0 amide bonds. The van der Waals surface area contributed by atoms with Gasteiger partial charge in [-0.2, -0.15) is 5.10 Å². The van der Waals surface area contributed by atoms with Crippen molar-refractivity contribution in [2.24, 2.45) is 0 Å². The highest BCUT2D eigenvalue weighted by Crippen LogP contribution is 2.35. The average Bonchev–Trinajstić information content (AvgIpc) is 2.41. The van der Waals surface area contributed by atoms with E-state index in [9.17, 15) is 4.79 Å². The number of aromatic nitrogens is 2. The van der Waals surface area contributed by atoms with Crippen molar-refractivity contribution in [3.05, 3.63) is 21.0 Å². The maximum atomic E-state index is 12.2. The number of nitrogens with zero attached hydrogens (tertiary/aromatic N) is 2. The summed E-state index contributed by atoms with van der Waals surface area (Å²) in [6.45, 7) is 3.47. The zero-order valence-corrected chi connectivity index (χ0v) is 13.7. The molecule has 0 unspecified atom stereocenters. The molecule has 1 aromatic rings. The van der Waals surface area contributed by atoms with Crippen molar-refractivity contribution in [2.45, 2.75) is 51.2 Å². The number of hydrogen-bond donors (Lipinski definition) is 1. The molecule has 1 heterocycles. The minimum absolute atomic E-state index is 0.0729. The van der Waals surface area contributed by atoms with E-state index >= 15 is 0 Å². The van der Waals surface area contributed by atoms with Gasteiger partial charge in [-0.05, 0) is 41.6 Å². The first-order chi connectivity index (χ1) is 9.62. The molecular formula is C14H22BrN3O2. The van der Waals surface area contributed by atoms with Crippen LogP contribution >= 0.6 is 15.9 Å². The maximum Gasteiger partial charge on any atom is 0.283 e. The van der Waals surface area contributed by atoms with Crippen LogP contribution in [0.5, 0.6) is 0 Å². The number of halogens is 1. The largest absolute Gasteiger partial charge is 0.380 e. The summed E-state index contributed by atoms with van der Waals surface area (Å²) < 4.78 is 7.62. The minimum Gasteiger partial charge on any atom is -0.380 e. The molecule has 112 valence electrons. The zero-order chi connectivity index (χ0) is 14.6. The molecule has 6 heteroatoms. The highest BCUT2D eigenvalue weighted by Gasteiger charge is 2.36. The summed E-state index contributed by atoms with van der Waals surface area (Å²) in [6.07, 6.45) is 7.04. The first-order valence-corrected chi connectivity index (χ1v) is 7.96. The third-order valence-corrected chi connectivity index (χ3v) is 4.77. The lowest BCUT2D eigenvalue weighted by atomic mass is 9.80. The van der Waals surface area contributed by atoms with Crippen LogP contribution in [-0.2, 0) is 11.3 Å². The highest BCUT2D eigenvalue weighted by molar-refractivity contribution is 9.10. The highest BCUT2D eigenvalue weighted by atomic mass is 79.9. The SMILES string of the molecule is CCCCn1ncc(NCC2(OC)CCC2)c(Br)c1=O.